The molecular weight excluding hydrogens is 530 g/mol. The second kappa shape index (κ2) is 9.05. The van der Waals surface area contributed by atoms with Gasteiger partial charge in [-0.05, 0) is 48.4 Å². The molecule has 4 heterocycles. The molecule has 1 aliphatic rings. The second-order valence-corrected chi connectivity index (χ2v) is 9.74. The summed E-state index contributed by atoms with van der Waals surface area (Å²) in [6.07, 6.45) is 1.27. The number of amides is 1. The average molecular weight is 551 g/mol. The van der Waals surface area contributed by atoms with Gasteiger partial charge in [0.1, 0.15) is 51.9 Å². The Morgan fingerprint density at radius 1 is 0.976 bits per heavy atom. The van der Waals surface area contributed by atoms with Crippen LogP contribution in [0.2, 0.25) is 0 Å². The molecule has 0 bridgehead atoms. The van der Waals surface area contributed by atoms with E-state index in [0.29, 0.717) is 10.9 Å². The molecule has 7 rings (SSSR count). The Balaban J connectivity index is 1.47. The van der Waals surface area contributed by atoms with Crippen molar-refractivity contribution in [3.05, 3.63) is 112 Å². The molecule has 0 aliphatic carbocycles. The molecule has 41 heavy (non-hydrogen) atoms. The van der Waals surface area contributed by atoms with Crippen LogP contribution < -0.4 is 16.1 Å². The Hall–Kier alpha value is -5.45. The molecule has 1 aliphatic heterocycles. The van der Waals surface area contributed by atoms with E-state index in [0.717, 1.165) is 11.6 Å². The largest absolute Gasteiger partial charge is 0.458 e. The van der Waals surface area contributed by atoms with E-state index < -0.39 is 23.1 Å². The van der Waals surface area contributed by atoms with E-state index in [2.05, 4.69) is 9.97 Å². The van der Waals surface area contributed by atoms with E-state index in [1.54, 1.807) is 25.1 Å². The Bertz CT molecular complexity index is 2100. The summed E-state index contributed by atoms with van der Waals surface area (Å²) in [7, 11) is 0. The lowest BCUT2D eigenvalue weighted by Crippen LogP contribution is -2.24. The van der Waals surface area contributed by atoms with Gasteiger partial charge in [0.05, 0.1) is 12.1 Å². The number of nitrogens with zero attached hydrogens (tertiary/aromatic N) is 5. The van der Waals surface area contributed by atoms with Gasteiger partial charge in [-0.3, -0.25) is 14.5 Å². The number of fused-ring (bicyclic) bond motifs is 3. The molecule has 0 saturated carbocycles. The summed E-state index contributed by atoms with van der Waals surface area (Å²) in [5.41, 5.74) is 7.50. The van der Waals surface area contributed by atoms with Gasteiger partial charge in [0.2, 0.25) is 5.43 Å². The highest BCUT2D eigenvalue weighted by atomic mass is 19.1. The summed E-state index contributed by atoms with van der Waals surface area (Å²) in [5.74, 6) is -1.13. The van der Waals surface area contributed by atoms with Gasteiger partial charge in [-0.25, -0.2) is 23.4 Å². The SMILES string of the molecule is CC(c1oc2cccc(F)c2c(=O)c1-c1cccc(F)c1)n1nc(N2Cc3ccccc3C2=O)c2c(N)ncnc21. The smallest absolute Gasteiger partial charge is 0.260 e. The first-order valence-corrected chi connectivity index (χ1v) is 12.7. The molecule has 0 radical (unpaired) electrons. The summed E-state index contributed by atoms with van der Waals surface area (Å²) in [5, 5.41) is 4.85. The molecule has 1 amide bonds. The van der Waals surface area contributed by atoms with Crippen molar-refractivity contribution in [1.82, 2.24) is 19.7 Å². The van der Waals surface area contributed by atoms with Crippen molar-refractivity contribution in [2.45, 2.75) is 19.5 Å². The minimum absolute atomic E-state index is 0.0213. The van der Waals surface area contributed by atoms with Crippen molar-refractivity contribution in [3.8, 4) is 11.1 Å². The molecule has 3 aromatic heterocycles. The van der Waals surface area contributed by atoms with Crippen molar-refractivity contribution < 1.29 is 18.0 Å². The molecule has 6 aromatic rings. The standard InChI is InChI=1S/C30H20F2N6O3/c1-15(26-22(16-7-4-8-18(31)12-16)25(39)23-20(32)10-5-11-21(23)41-26)38-28-24(27(33)34-14-35-28)29(36-38)37-13-17-6-2-3-9-19(17)30(37)40/h2-12,14-15H,13H2,1H3,(H2,33,34,35). The lowest BCUT2D eigenvalue weighted by atomic mass is 9.99. The number of hydrogen-bond donors (Lipinski definition) is 1. The lowest BCUT2D eigenvalue weighted by molar-refractivity contribution is 0.0996. The third kappa shape index (κ3) is 3.69. The first-order chi connectivity index (χ1) is 19.8. The number of carbonyl (C=O) groups excluding carboxylic acids is 1. The maximum Gasteiger partial charge on any atom is 0.260 e. The first kappa shape index (κ1) is 24.6. The van der Waals surface area contributed by atoms with Gasteiger partial charge < -0.3 is 10.2 Å². The van der Waals surface area contributed by atoms with Crippen molar-refractivity contribution in [2.24, 2.45) is 0 Å². The van der Waals surface area contributed by atoms with Gasteiger partial charge in [0, 0.05) is 5.56 Å². The van der Waals surface area contributed by atoms with Crippen LogP contribution in [0, 0.1) is 11.6 Å². The highest BCUT2D eigenvalue weighted by Crippen LogP contribution is 2.38. The van der Waals surface area contributed by atoms with E-state index in [1.165, 1.54) is 46.2 Å². The third-order valence-corrected chi connectivity index (χ3v) is 7.33. The summed E-state index contributed by atoms with van der Waals surface area (Å²) >= 11 is 0. The van der Waals surface area contributed by atoms with E-state index in [4.69, 9.17) is 15.2 Å². The number of anilines is 2. The lowest BCUT2D eigenvalue weighted by Gasteiger charge is -2.17. The van der Waals surface area contributed by atoms with Crippen LogP contribution >= 0.6 is 0 Å². The van der Waals surface area contributed by atoms with Gasteiger partial charge in [0.25, 0.3) is 5.91 Å². The fourth-order valence-corrected chi connectivity index (χ4v) is 5.40. The molecule has 2 N–H and O–H groups in total. The molecule has 1 unspecified atom stereocenters. The summed E-state index contributed by atoms with van der Waals surface area (Å²) in [6.45, 7) is 1.98. The number of benzene rings is 3. The van der Waals surface area contributed by atoms with E-state index >= 15 is 0 Å². The summed E-state index contributed by atoms with van der Waals surface area (Å²) in [4.78, 5) is 37.1. The molecule has 3 aromatic carbocycles. The van der Waals surface area contributed by atoms with Gasteiger partial charge in [-0.1, -0.05) is 36.4 Å². The van der Waals surface area contributed by atoms with Crippen LogP contribution in [0.15, 0.2) is 82.3 Å². The zero-order valence-electron chi connectivity index (χ0n) is 21.5. The molecule has 11 heteroatoms. The Morgan fingerprint density at radius 2 is 1.78 bits per heavy atom. The average Bonchev–Trinajstić information content (AvgIpc) is 3.51. The molecule has 1 atom stereocenters. The summed E-state index contributed by atoms with van der Waals surface area (Å²) < 4.78 is 36.8. The highest BCUT2D eigenvalue weighted by molar-refractivity contribution is 6.13. The Labute approximate surface area is 230 Å². The van der Waals surface area contributed by atoms with Crippen molar-refractivity contribution in [1.29, 1.82) is 0 Å². The molecule has 9 nitrogen and oxygen atoms in total. The minimum atomic E-state index is -0.834. The third-order valence-electron chi connectivity index (χ3n) is 7.33. The molecular formula is C30H20F2N6O3. The van der Waals surface area contributed by atoms with Gasteiger partial charge in [0.15, 0.2) is 11.5 Å². The van der Waals surface area contributed by atoms with E-state index in [9.17, 15) is 18.4 Å². The van der Waals surface area contributed by atoms with Crippen molar-refractivity contribution in [3.63, 3.8) is 0 Å². The van der Waals surface area contributed by atoms with Gasteiger partial charge in [-0.15, -0.1) is 0 Å². The predicted molar refractivity (Wildman–Crippen MR) is 148 cm³/mol. The van der Waals surface area contributed by atoms with Crippen molar-refractivity contribution in [2.75, 3.05) is 10.6 Å². The number of nitrogen functional groups attached to an aromatic ring is 1. The maximum atomic E-state index is 14.8. The number of rotatable bonds is 4. The van der Waals surface area contributed by atoms with Gasteiger partial charge >= 0.3 is 0 Å². The molecule has 202 valence electrons. The fourth-order valence-electron chi connectivity index (χ4n) is 5.40. The quantitative estimate of drug-likeness (QED) is 0.319. The fraction of sp³-hybridized carbons (Fsp3) is 0.100. The van der Waals surface area contributed by atoms with E-state index in [1.807, 2.05) is 12.1 Å². The van der Waals surface area contributed by atoms with Crippen LogP contribution in [-0.2, 0) is 6.54 Å². The zero-order valence-corrected chi connectivity index (χ0v) is 21.5. The van der Waals surface area contributed by atoms with Crippen LogP contribution in [-0.4, -0.2) is 25.7 Å². The van der Waals surface area contributed by atoms with Gasteiger partial charge in [-0.2, -0.15) is 5.10 Å². The second-order valence-electron chi connectivity index (χ2n) is 9.74. The summed E-state index contributed by atoms with van der Waals surface area (Å²) in [6, 6.07) is 15.9. The van der Waals surface area contributed by atoms with Crippen LogP contribution in [0.3, 0.4) is 0 Å². The predicted octanol–water partition coefficient (Wildman–Crippen LogP) is 5.23. The minimum Gasteiger partial charge on any atom is -0.458 e. The number of hydrogen-bond acceptors (Lipinski definition) is 7. The van der Waals surface area contributed by atoms with E-state index in [-0.39, 0.29) is 57.6 Å². The first-order valence-electron chi connectivity index (χ1n) is 12.7. The van der Waals surface area contributed by atoms with Crippen molar-refractivity contribution >= 4 is 39.5 Å². The van der Waals surface area contributed by atoms with Crippen LogP contribution in [0.25, 0.3) is 33.1 Å². The van der Waals surface area contributed by atoms with Crippen LogP contribution in [0.1, 0.15) is 34.6 Å². The molecule has 0 saturated heterocycles. The molecule has 0 fully saturated rings. The van der Waals surface area contributed by atoms with Crippen LogP contribution in [0.5, 0.6) is 0 Å². The molecule has 0 spiro atoms. The normalized spacial score (nSPS) is 13.7. The monoisotopic (exact) mass is 550 g/mol. The number of nitrogens with two attached hydrogens (primary N) is 1. The van der Waals surface area contributed by atoms with Crippen LogP contribution in [0.4, 0.5) is 20.4 Å². The Morgan fingerprint density at radius 3 is 2.59 bits per heavy atom. The number of aromatic nitrogens is 4. The zero-order chi connectivity index (χ0) is 28.4. The topological polar surface area (TPSA) is 120 Å². The number of carbonyl (C=O) groups is 1. The Kier molecular flexibility index (Phi) is 5.43. The number of halogens is 2. The highest BCUT2D eigenvalue weighted by Gasteiger charge is 2.34. The maximum absolute atomic E-state index is 14.8.